The molecule has 1 saturated carbocycles. The Morgan fingerprint density at radius 3 is 2.89 bits per heavy atom. The third-order valence-corrected chi connectivity index (χ3v) is 5.90. The highest BCUT2D eigenvalue weighted by molar-refractivity contribution is 7.13. The maximum Gasteiger partial charge on any atom is 0.233 e. The first-order valence-corrected chi connectivity index (χ1v) is 9.83. The lowest BCUT2D eigenvalue weighted by molar-refractivity contribution is -0.118. The zero-order chi connectivity index (χ0) is 19.0. The van der Waals surface area contributed by atoms with Crippen LogP contribution in [0.2, 0.25) is 0 Å². The summed E-state index contributed by atoms with van der Waals surface area (Å²) in [6.45, 7) is 2.58. The molecule has 3 aromatic rings. The molecule has 7 heteroatoms. The normalized spacial score (nSPS) is 13.7. The van der Waals surface area contributed by atoms with Crippen molar-refractivity contribution >= 4 is 39.7 Å². The fraction of sp³-hybridized carbons (Fsp3) is 0.350. The standard InChI is InChI=1S/C20H21N3O3S/c1-13-16(17-9-15(26-2)5-6-18(17)23(13)12-24)10-19(25)22(11-14-3-4-14)20-21-7-8-27-20/h5-9,12,14H,3-4,10-11H2,1-2H3. The van der Waals surface area contributed by atoms with Crippen molar-refractivity contribution in [2.75, 3.05) is 18.6 Å². The number of hydrogen-bond acceptors (Lipinski definition) is 5. The van der Waals surface area contributed by atoms with Crippen LogP contribution in [-0.4, -0.2) is 35.5 Å². The van der Waals surface area contributed by atoms with E-state index in [2.05, 4.69) is 4.98 Å². The SMILES string of the molecule is COc1ccc2c(c1)c(CC(=O)N(CC1CC1)c1nccs1)c(C)n2C=O. The quantitative estimate of drug-likeness (QED) is 0.586. The summed E-state index contributed by atoms with van der Waals surface area (Å²) < 4.78 is 6.92. The molecule has 0 aliphatic heterocycles. The maximum atomic E-state index is 13.2. The molecule has 27 heavy (non-hydrogen) atoms. The monoisotopic (exact) mass is 383 g/mol. The Morgan fingerprint density at radius 1 is 1.44 bits per heavy atom. The van der Waals surface area contributed by atoms with Crippen LogP contribution in [0.5, 0.6) is 5.75 Å². The van der Waals surface area contributed by atoms with Gasteiger partial charge >= 0.3 is 0 Å². The number of hydrogen-bond donors (Lipinski definition) is 0. The van der Waals surface area contributed by atoms with Crippen molar-refractivity contribution in [3.05, 3.63) is 41.0 Å². The average molecular weight is 383 g/mol. The van der Waals surface area contributed by atoms with Crippen molar-refractivity contribution in [2.24, 2.45) is 5.92 Å². The number of amides is 1. The summed E-state index contributed by atoms with van der Waals surface area (Å²) in [6.07, 6.45) is 5.07. The van der Waals surface area contributed by atoms with Crippen LogP contribution < -0.4 is 9.64 Å². The van der Waals surface area contributed by atoms with Gasteiger partial charge < -0.3 is 4.74 Å². The van der Waals surface area contributed by atoms with E-state index in [1.165, 1.54) is 11.3 Å². The van der Waals surface area contributed by atoms with E-state index < -0.39 is 0 Å². The van der Waals surface area contributed by atoms with Crippen LogP contribution >= 0.6 is 11.3 Å². The minimum Gasteiger partial charge on any atom is -0.497 e. The van der Waals surface area contributed by atoms with Gasteiger partial charge in [0.15, 0.2) is 5.13 Å². The van der Waals surface area contributed by atoms with Gasteiger partial charge in [0.25, 0.3) is 0 Å². The lowest BCUT2D eigenvalue weighted by atomic mass is 10.1. The number of aromatic nitrogens is 2. The largest absolute Gasteiger partial charge is 0.497 e. The van der Waals surface area contributed by atoms with E-state index in [9.17, 15) is 9.59 Å². The van der Waals surface area contributed by atoms with Crippen molar-refractivity contribution in [1.29, 1.82) is 0 Å². The summed E-state index contributed by atoms with van der Waals surface area (Å²) in [5.74, 6) is 1.28. The first-order chi connectivity index (χ1) is 13.1. The Hall–Kier alpha value is -2.67. The molecule has 1 aliphatic rings. The zero-order valence-corrected chi connectivity index (χ0v) is 16.2. The minimum absolute atomic E-state index is 0.00715. The summed E-state index contributed by atoms with van der Waals surface area (Å²) >= 11 is 1.48. The molecule has 140 valence electrons. The van der Waals surface area contributed by atoms with Crippen molar-refractivity contribution in [3.8, 4) is 5.75 Å². The zero-order valence-electron chi connectivity index (χ0n) is 15.3. The second-order valence-corrected chi connectivity index (χ2v) is 7.73. The first-order valence-electron chi connectivity index (χ1n) is 8.95. The van der Waals surface area contributed by atoms with Gasteiger partial charge in [-0.1, -0.05) is 0 Å². The Kier molecular flexibility index (Phi) is 4.70. The average Bonchev–Trinajstić information content (AvgIpc) is 3.26. The van der Waals surface area contributed by atoms with Gasteiger partial charge in [-0.3, -0.25) is 19.1 Å². The molecular weight excluding hydrogens is 362 g/mol. The summed E-state index contributed by atoms with van der Waals surface area (Å²) in [7, 11) is 1.61. The Balaban J connectivity index is 1.71. The summed E-state index contributed by atoms with van der Waals surface area (Å²) in [5, 5.41) is 3.50. The topological polar surface area (TPSA) is 64.4 Å². The Labute approximate surface area is 161 Å². The van der Waals surface area contributed by atoms with E-state index in [1.54, 1.807) is 22.8 Å². The van der Waals surface area contributed by atoms with Gasteiger partial charge in [-0.15, -0.1) is 11.3 Å². The van der Waals surface area contributed by atoms with Crippen molar-refractivity contribution in [2.45, 2.75) is 26.2 Å². The van der Waals surface area contributed by atoms with Crippen LogP contribution in [0.25, 0.3) is 10.9 Å². The molecule has 1 amide bonds. The molecule has 0 N–H and O–H groups in total. The van der Waals surface area contributed by atoms with Crippen LogP contribution in [0.15, 0.2) is 29.8 Å². The number of nitrogens with zero attached hydrogens (tertiary/aromatic N) is 3. The molecule has 0 atom stereocenters. The van der Waals surface area contributed by atoms with E-state index in [0.29, 0.717) is 18.2 Å². The molecular formula is C20H21N3O3S. The predicted octanol–water partition coefficient (Wildman–Crippen LogP) is 3.44. The van der Waals surface area contributed by atoms with E-state index in [1.807, 2.05) is 30.5 Å². The molecule has 1 aromatic carbocycles. The number of anilines is 1. The van der Waals surface area contributed by atoms with E-state index in [4.69, 9.17) is 4.74 Å². The highest BCUT2D eigenvalue weighted by Gasteiger charge is 2.29. The number of fused-ring (bicyclic) bond motifs is 1. The van der Waals surface area contributed by atoms with Gasteiger partial charge in [0.2, 0.25) is 12.3 Å². The third kappa shape index (κ3) is 3.35. The lowest BCUT2D eigenvalue weighted by Crippen LogP contribution is -2.34. The van der Waals surface area contributed by atoms with Gasteiger partial charge in [-0.05, 0) is 49.4 Å². The van der Waals surface area contributed by atoms with Crippen LogP contribution in [0, 0.1) is 12.8 Å². The van der Waals surface area contributed by atoms with Gasteiger partial charge in [-0.25, -0.2) is 4.98 Å². The van der Waals surface area contributed by atoms with Gasteiger partial charge in [0.05, 0.1) is 19.0 Å². The minimum atomic E-state index is 0.00715. The molecule has 2 heterocycles. The van der Waals surface area contributed by atoms with Crippen LogP contribution in [0.4, 0.5) is 5.13 Å². The van der Waals surface area contributed by atoms with E-state index >= 15 is 0 Å². The second kappa shape index (κ2) is 7.15. The molecule has 0 spiro atoms. The van der Waals surface area contributed by atoms with Gasteiger partial charge in [-0.2, -0.15) is 0 Å². The van der Waals surface area contributed by atoms with Crippen LogP contribution in [-0.2, 0) is 16.0 Å². The number of carbonyl (C=O) groups is 2. The number of thiazole rings is 1. The Morgan fingerprint density at radius 2 is 2.26 bits per heavy atom. The van der Waals surface area contributed by atoms with E-state index in [0.717, 1.165) is 46.5 Å². The summed E-state index contributed by atoms with van der Waals surface area (Å²) in [4.78, 5) is 30.9. The lowest BCUT2D eigenvalue weighted by Gasteiger charge is -2.20. The second-order valence-electron chi connectivity index (χ2n) is 6.86. The van der Waals surface area contributed by atoms with Crippen LogP contribution in [0.3, 0.4) is 0 Å². The van der Waals surface area contributed by atoms with Crippen LogP contribution in [0.1, 0.15) is 24.1 Å². The molecule has 0 saturated heterocycles. The molecule has 6 nitrogen and oxygen atoms in total. The Bertz CT molecular complexity index is 990. The summed E-state index contributed by atoms with van der Waals surface area (Å²) in [6, 6.07) is 5.56. The highest BCUT2D eigenvalue weighted by atomic mass is 32.1. The fourth-order valence-electron chi connectivity index (χ4n) is 3.41. The first kappa shape index (κ1) is 17.7. The molecule has 0 bridgehead atoms. The smallest absolute Gasteiger partial charge is 0.233 e. The van der Waals surface area contributed by atoms with Gasteiger partial charge in [0.1, 0.15) is 5.75 Å². The molecule has 1 aliphatic carbocycles. The van der Waals surface area contributed by atoms with Crippen molar-refractivity contribution in [3.63, 3.8) is 0 Å². The predicted molar refractivity (Wildman–Crippen MR) is 106 cm³/mol. The fourth-order valence-corrected chi connectivity index (χ4v) is 4.08. The summed E-state index contributed by atoms with van der Waals surface area (Å²) in [5.41, 5.74) is 2.43. The number of methoxy groups -OCH3 is 1. The van der Waals surface area contributed by atoms with E-state index in [-0.39, 0.29) is 12.3 Å². The number of ether oxygens (including phenoxy) is 1. The molecule has 0 radical (unpaired) electrons. The van der Waals surface area contributed by atoms with Crippen molar-refractivity contribution < 1.29 is 14.3 Å². The number of carbonyl (C=O) groups excluding carboxylic acids is 2. The maximum absolute atomic E-state index is 13.2. The highest BCUT2D eigenvalue weighted by Crippen LogP contribution is 2.33. The molecule has 2 aromatic heterocycles. The number of benzene rings is 1. The molecule has 1 fully saturated rings. The van der Waals surface area contributed by atoms with Gasteiger partial charge in [0, 0.05) is 29.2 Å². The molecule has 4 rings (SSSR count). The van der Waals surface area contributed by atoms with Crippen molar-refractivity contribution in [1.82, 2.24) is 9.55 Å². The molecule has 0 unspecified atom stereocenters. The third-order valence-electron chi connectivity index (χ3n) is 5.11. The number of rotatable bonds is 7.